The zero-order valence-electron chi connectivity index (χ0n) is 16.6. The molecule has 0 aliphatic rings. The quantitative estimate of drug-likeness (QED) is 0.576. The molecule has 0 unspecified atom stereocenters. The molecule has 0 aliphatic carbocycles. The molecule has 0 saturated heterocycles. The predicted molar refractivity (Wildman–Crippen MR) is 111 cm³/mol. The van der Waals surface area contributed by atoms with Crippen LogP contribution in [-0.4, -0.2) is 24.1 Å². The number of amides is 1. The van der Waals surface area contributed by atoms with Crippen LogP contribution < -0.4 is 19.5 Å². The largest absolute Gasteiger partial charge is 0.490 e. The van der Waals surface area contributed by atoms with Gasteiger partial charge in [-0.1, -0.05) is 18.2 Å². The zero-order chi connectivity index (χ0) is 20.5. The molecule has 0 radical (unpaired) electrons. The Bertz CT molecular complexity index is 945. The highest BCUT2D eigenvalue weighted by molar-refractivity contribution is 5.94. The van der Waals surface area contributed by atoms with E-state index in [1.54, 1.807) is 30.5 Å². The number of aromatic nitrogens is 1. The minimum Gasteiger partial charge on any atom is -0.490 e. The molecule has 0 atom stereocenters. The van der Waals surface area contributed by atoms with Gasteiger partial charge in [-0.3, -0.25) is 4.79 Å². The maximum Gasteiger partial charge on any atom is 0.251 e. The first-order chi connectivity index (χ1) is 14.2. The van der Waals surface area contributed by atoms with Gasteiger partial charge in [-0.15, -0.1) is 0 Å². The third kappa shape index (κ3) is 5.72. The summed E-state index contributed by atoms with van der Waals surface area (Å²) in [5, 5.41) is 2.92. The summed E-state index contributed by atoms with van der Waals surface area (Å²) in [6.07, 6.45) is 1.67. The topological polar surface area (TPSA) is 69.7 Å². The van der Waals surface area contributed by atoms with Crippen LogP contribution in [0.1, 0.15) is 29.8 Å². The van der Waals surface area contributed by atoms with Gasteiger partial charge in [0.15, 0.2) is 11.5 Å². The van der Waals surface area contributed by atoms with E-state index in [-0.39, 0.29) is 5.91 Å². The van der Waals surface area contributed by atoms with Crippen LogP contribution in [0.4, 0.5) is 0 Å². The Labute approximate surface area is 170 Å². The number of hydrogen-bond acceptors (Lipinski definition) is 5. The minimum atomic E-state index is -0.190. The van der Waals surface area contributed by atoms with E-state index in [0.29, 0.717) is 48.5 Å². The lowest BCUT2D eigenvalue weighted by atomic mass is 10.1. The minimum absolute atomic E-state index is 0.190. The van der Waals surface area contributed by atoms with E-state index in [1.807, 2.05) is 50.2 Å². The molecule has 1 amide bonds. The molecule has 0 spiro atoms. The molecule has 29 heavy (non-hydrogen) atoms. The maximum absolute atomic E-state index is 12.6. The molecule has 150 valence electrons. The van der Waals surface area contributed by atoms with Crippen LogP contribution in [0.25, 0.3) is 0 Å². The molecule has 0 saturated carbocycles. The van der Waals surface area contributed by atoms with Crippen molar-refractivity contribution in [3.8, 4) is 23.1 Å². The molecular formula is C23H24N2O4. The van der Waals surface area contributed by atoms with Gasteiger partial charge in [0.05, 0.1) is 13.2 Å². The van der Waals surface area contributed by atoms with Crippen molar-refractivity contribution < 1.29 is 19.0 Å². The summed E-state index contributed by atoms with van der Waals surface area (Å²) in [7, 11) is 0. The summed E-state index contributed by atoms with van der Waals surface area (Å²) in [5.41, 5.74) is 1.43. The van der Waals surface area contributed by atoms with E-state index < -0.39 is 0 Å². The highest BCUT2D eigenvalue weighted by Gasteiger charge is 2.11. The molecular weight excluding hydrogens is 368 g/mol. The number of benzene rings is 2. The van der Waals surface area contributed by atoms with Crippen molar-refractivity contribution in [2.24, 2.45) is 0 Å². The van der Waals surface area contributed by atoms with Crippen molar-refractivity contribution in [2.45, 2.75) is 20.4 Å². The second-order valence-corrected chi connectivity index (χ2v) is 6.13. The number of hydrogen-bond donors (Lipinski definition) is 1. The molecule has 3 aromatic rings. The molecule has 3 rings (SSSR count). The van der Waals surface area contributed by atoms with Crippen molar-refractivity contribution in [1.82, 2.24) is 10.3 Å². The van der Waals surface area contributed by atoms with Crippen molar-refractivity contribution in [3.63, 3.8) is 0 Å². The normalized spacial score (nSPS) is 10.3. The maximum atomic E-state index is 12.6. The second-order valence-electron chi connectivity index (χ2n) is 6.13. The Hall–Kier alpha value is -3.54. The lowest BCUT2D eigenvalue weighted by Crippen LogP contribution is -2.22. The van der Waals surface area contributed by atoms with Gasteiger partial charge in [0.1, 0.15) is 5.75 Å². The summed E-state index contributed by atoms with van der Waals surface area (Å²) in [6.45, 7) is 5.19. The number of pyridine rings is 1. The summed E-state index contributed by atoms with van der Waals surface area (Å²) in [6, 6.07) is 18.2. The Kier molecular flexibility index (Phi) is 7.05. The SMILES string of the molecule is CCOc1ccc(C(=O)NCc2cccc(Oc3ccccn3)c2)cc1OCC. The summed E-state index contributed by atoms with van der Waals surface area (Å²) in [4.78, 5) is 16.7. The Morgan fingerprint density at radius 1 is 0.931 bits per heavy atom. The Morgan fingerprint density at radius 3 is 2.52 bits per heavy atom. The van der Waals surface area contributed by atoms with Crippen LogP contribution in [0.3, 0.4) is 0 Å². The first-order valence-electron chi connectivity index (χ1n) is 9.55. The molecule has 1 aromatic heterocycles. The first kappa shape index (κ1) is 20.2. The molecule has 0 fully saturated rings. The van der Waals surface area contributed by atoms with Crippen LogP contribution >= 0.6 is 0 Å². The number of nitrogens with zero attached hydrogens (tertiary/aromatic N) is 1. The first-order valence-corrected chi connectivity index (χ1v) is 9.55. The number of nitrogens with one attached hydrogen (secondary N) is 1. The van der Waals surface area contributed by atoms with Crippen LogP contribution in [0.5, 0.6) is 23.1 Å². The molecule has 1 N–H and O–H groups in total. The van der Waals surface area contributed by atoms with Gasteiger partial charge in [0, 0.05) is 24.4 Å². The van der Waals surface area contributed by atoms with Gasteiger partial charge < -0.3 is 19.5 Å². The molecule has 0 bridgehead atoms. The van der Waals surface area contributed by atoms with Gasteiger partial charge in [0.2, 0.25) is 5.88 Å². The smallest absolute Gasteiger partial charge is 0.251 e. The standard InChI is InChI=1S/C23H24N2O4/c1-3-27-20-12-11-18(15-21(20)28-4-2)23(26)25-16-17-8-7-9-19(14-17)29-22-10-5-6-13-24-22/h5-15H,3-4,16H2,1-2H3,(H,25,26). The third-order valence-electron chi connectivity index (χ3n) is 4.02. The van der Waals surface area contributed by atoms with Crippen LogP contribution in [0, 0.1) is 0 Å². The van der Waals surface area contributed by atoms with Crippen molar-refractivity contribution in [3.05, 3.63) is 78.0 Å². The van der Waals surface area contributed by atoms with Crippen molar-refractivity contribution in [1.29, 1.82) is 0 Å². The van der Waals surface area contributed by atoms with Gasteiger partial charge in [-0.05, 0) is 55.8 Å². The highest BCUT2D eigenvalue weighted by atomic mass is 16.5. The van der Waals surface area contributed by atoms with E-state index in [0.717, 1.165) is 5.56 Å². The Balaban J connectivity index is 1.64. The summed E-state index contributed by atoms with van der Waals surface area (Å²) >= 11 is 0. The summed E-state index contributed by atoms with van der Waals surface area (Å²) < 4.78 is 16.9. The third-order valence-corrected chi connectivity index (χ3v) is 4.02. The highest BCUT2D eigenvalue weighted by Crippen LogP contribution is 2.28. The molecule has 0 aliphatic heterocycles. The molecule has 1 heterocycles. The Morgan fingerprint density at radius 2 is 1.76 bits per heavy atom. The number of carbonyl (C=O) groups excluding carboxylic acids is 1. The van der Waals surface area contributed by atoms with E-state index in [1.165, 1.54) is 0 Å². The number of ether oxygens (including phenoxy) is 3. The van der Waals surface area contributed by atoms with Gasteiger partial charge >= 0.3 is 0 Å². The monoisotopic (exact) mass is 392 g/mol. The lowest BCUT2D eigenvalue weighted by molar-refractivity contribution is 0.0950. The van der Waals surface area contributed by atoms with E-state index >= 15 is 0 Å². The van der Waals surface area contributed by atoms with Crippen molar-refractivity contribution >= 4 is 5.91 Å². The number of rotatable bonds is 9. The fourth-order valence-corrected chi connectivity index (χ4v) is 2.72. The zero-order valence-corrected chi connectivity index (χ0v) is 16.6. The van der Waals surface area contributed by atoms with E-state index in [4.69, 9.17) is 14.2 Å². The fourth-order valence-electron chi connectivity index (χ4n) is 2.72. The van der Waals surface area contributed by atoms with Crippen LogP contribution in [0.15, 0.2) is 66.9 Å². The van der Waals surface area contributed by atoms with Gasteiger partial charge in [0.25, 0.3) is 5.91 Å². The van der Waals surface area contributed by atoms with Gasteiger partial charge in [-0.25, -0.2) is 4.98 Å². The summed E-state index contributed by atoms with van der Waals surface area (Å²) in [5.74, 6) is 2.18. The van der Waals surface area contributed by atoms with Crippen molar-refractivity contribution in [2.75, 3.05) is 13.2 Å². The lowest BCUT2D eigenvalue weighted by Gasteiger charge is -2.13. The fraction of sp³-hybridized carbons (Fsp3) is 0.217. The molecule has 6 nitrogen and oxygen atoms in total. The van der Waals surface area contributed by atoms with E-state index in [9.17, 15) is 4.79 Å². The predicted octanol–water partition coefficient (Wildman–Crippen LogP) is 4.60. The second kappa shape index (κ2) is 10.1. The van der Waals surface area contributed by atoms with Gasteiger partial charge in [-0.2, -0.15) is 0 Å². The van der Waals surface area contributed by atoms with Crippen LogP contribution in [0.2, 0.25) is 0 Å². The number of carbonyl (C=O) groups is 1. The molecule has 6 heteroatoms. The van der Waals surface area contributed by atoms with E-state index in [2.05, 4.69) is 10.3 Å². The molecule has 2 aromatic carbocycles. The van der Waals surface area contributed by atoms with Crippen LogP contribution in [-0.2, 0) is 6.54 Å². The average Bonchev–Trinajstić information content (AvgIpc) is 2.74. The average molecular weight is 392 g/mol.